The lowest BCUT2D eigenvalue weighted by Crippen LogP contribution is -2.55. The molecule has 1 rings (SSSR count). The predicted octanol–water partition coefficient (Wildman–Crippen LogP) is 3.11. The van der Waals surface area contributed by atoms with E-state index in [1.165, 1.54) is 0 Å². The third-order valence-corrected chi connectivity index (χ3v) is 3.09. The van der Waals surface area contributed by atoms with Crippen molar-refractivity contribution in [3.8, 4) is 0 Å². The molecule has 0 aromatic carbocycles. The summed E-state index contributed by atoms with van der Waals surface area (Å²) in [6, 6.07) is 0.0697. The third-order valence-electron chi connectivity index (χ3n) is 3.09. The van der Waals surface area contributed by atoms with Gasteiger partial charge in [-0.2, -0.15) is 0 Å². The van der Waals surface area contributed by atoms with Crippen LogP contribution < -0.4 is 5.73 Å². The van der Waals surface area contributed by atoms with Crippen LogP contribution in [-0.4, -0.2) is 29.5 Å². The molecule has 0 amide bonds. The Morgan fingerprint density at radius 3 is 1.83 bits per heavy atom. The lowest BCUT2D eigenvalue weighted by atomic mass is 9.82. The van der Waals surface area contributed by atoms with Crippen LogP contribution in [0.5, 0.6) is 0 Å². The molecule has 0 aromatic heterocycles. The third kappa shape index (κ3) is 5.25. The van der Waals surface area contributed by atoms with Crippen molar-refractivity contribution in [3.05, 3.63) is 0 Å². The van der Waals surface area contributed by atoms with Crippen LogP contribution in [0, 0.1) is 5.92 Å². The molecular formula is C15H31NO2. The number of hydrogen-bond donors (Lipinski definition) is 1. The van der Waals surface area contributed by atoms with E-state index in [4.69, 9.17) is 15.2 Å². The van der Waals surface area contributed by atoms with Gasteiger partial charge in [0.15, 0.2) is 0 Å². The van der Waals surface area contributed by atoms with Crippen molar-refractivity contribution in [2.45, 2.75) is 90.8 Å². The number of ether oxygens (including phenoxy) is 2. The molecule has 3 nitrogen and oxygen atoms in total. The molecule has 4 atom stereocenters. The summed E-state index contributed by atoms with van der Waals surface area (Å²) < 4.78 is 12.3. The molecule has 0 saturated heterocycles. The second-order valence-electron chi connectivity index (χ2n) is 7.70. The maximum atomic E-state index is 6.28. The molecule has 0 aromatic rings. The molecule has 18 heavy (non-hydrogen) atoms. The normalized spacial score (nSPS) is 34.7. The molecular weight excluding hydrogens is 226 g/mol. The van der Waals surface area contributed by atoms with Crippen LogP contribution in [0.3, 0.4) is 0 Å². The highest BCUT2D eigenvalue weighted by molar-refractivity contribution is 4.92. The monoisotopic (exact) mass is 257 g/mol. The van der Waals surface area contributed by atoms with Gasteiger partial charge in [-0.15, -0.1) is 0 Å². The first-order chi connectivity index (χ1) is 7.98. The van der Waals surface area contributed by atoms with E-state index in [0.717, 1.165) is 12.8 Å². The molecule has 0 heterocycles. The maximum absolute atomic E-state index is 6.28. The first-order valence-electron chi connectivity index (χ1n) is 7.09. The van der Waals surface area contributed by atoms with E-state index in [1.54, 1.807) is 0 Å². The SMILES string of the molecule is C[C@@H]1C[C@H](N)[C@@H](OC(C)(C)C)[C@H](OC(C)(C)C)C1. The van der Waals surface area contributed by atoms with E-state index >= 15 is 0 Å². The topological polar surface area (TPSA) is 44.5 Å². The van der Waals surface area contributed by atoms with Gasteiger partial charge in [-0.3, -0.25) is 0 Å². The van der Waals surface area contributed by atoms with Gasteiger partial charge < -0.3 is 15.2 Å². The van der Waals surface area contributed by atoms with Crippen LogP contribution in [0.2, 0.25) is 0 Å². The first-order valence-corrected chi connectivity index (χ1v) is 7.09. The maximum Gasteiger partial charge on any atom is 0.0994 e. The van der Waals surface area contributed by atoms with Crippen LogP contribution in [0.25, 0.3) is 0 Å². The second-order valence-corrected chi connectivity index (χ2v) is 7.70. The highest BCUT2D eigenvalue weighted by Crippen LogP contribution is 2.32. The molecule has 3 heteroatoms. The van der Waals surface area contributed by atoms with Crippen LogP contribution in [-0.2, 0) is 9.47 Å². The molecule has 0 spiro atoms. The fourth-order valence-corrected chi connectivity index (χ4v) is 2.64. The smallest absolute Gasteiger partial charge is 0.0994 e. The molecule has 0 bridgehead atoms. The van der Waals surface area contributed by atoms with Crippen molar-refractivity contribution in [2.24, 2.45) is 11.7 Å². The Bertz CT molecular complexity index is 265. The predicted molar refractivity (Wildman–Crippen MR) is 75.6 cm³/mol. The van der Waals surface area contributed by atoms with E-state index < -0.39 is 0 Å². The molecule has 0 unspecified atom stereocenters. The van der Waals surface area contributed by atoms with Crippen molar-refractivity contribution in [2.75, 3.05) is 0 Å². The molecule has 2 N–H and O–H groups in total. The van der Waals surface area contributed by atoms with Gasteiger partial charge in [0, 0.05) is 6.04 Å². The fraction of sp³-hybridized carbons (Fsp3) is 1.00. The summed E-state index contributed by atoms with van der Waals surface area (Å²) in [6.45, 7) is 14.7. The van der Waals surface area contributed by atoms with Gasteiger partial charge in [0.25, 0.3) is 0 Å². The van der Waals surface area contributed by atoms with Gasteiger partial charge in [-0.25, -0.2) is 0 Å². The average Bonchev–Trinajstić information content (AvgIpc) is 2.06. The fourth-order valence-electron chi connectivity index (χ4n) is 2.64. The summed E-state index contributed by atoms with van der Waals surface area (Å²) >= 11 is 0. The van der Waals surface area contributed by atoms with Crippen LogP contribution >= 0.6 is 0 Å². The lowest BCUT2D eigenvalue weighted by Gasteiger charge is -2.44. The summed E-state index contributed by atoms with van der Waals surface area (Å²) in [5, 5.41) is 0. The number of hydrogen-bond acceptors (Lipinski definition) is 3. The van der Waals surface area contributed by atoms with Crippen LogP contribution in [0.4, 0.5) is 0 Å². The van der Waals surface area contributed by atoms with Crippen LogP contribution in [0.15, 0.2) is 0 Å². The van der Waals surface area contributed by atoms with Gasteiger partial charge in [0.1, 0.15) is 0 Å². The summed E-state index contributed by atoms with van der Waals surface area (Å²) in [6.07, 6.45) is 2.15. The molecule has 1 saturated carbocycles. The van der Waals surface area contributed by atoms with Crippen molar-refractivity contribution >= 4 is 0 Å². The van der Waals surface area contributed by atoms with Crippen LogP contribution in [0.1, 0.15) is 61.3 Å². The molecule has 1 fully saturated rings. The Labute approximate surface area is 112 Å². The zero-order chi connectivity index (χ0) is 14.1. The quantitative estimate of drug-likeness (QED) is 0.826. The van der Waals surface area contributed by atoms with E-state index in [2.05, 4.69) is 48.5 Å². The summed E-state index contributed by atoms with van der Waals surface area (Å²) in [7, 11) is 0. The average molecular weight is 257 g/mol. The summed E-state index contributed by atoms with van der Waals surface area (Å²) in [5.74, 6) is 0.604. The minimum atomic E-state index is -0.178. The van der Waals surface area contributed by atoms with Gasteiger partial charge in [-0.1, -0.05) is 6.92 Å². The Morgan fingerprint density at radius 1 is 0.889 bits per heavy atom. The highest BCUT2D eigenvalue weighted by atomic mass is 16.6. The van der Waals surface area contributed by atoms with E-state index in [1.807, 2.05) is 0 Å². The first kappa shape index (κ1) is 15.9. The number of nitrogens with two attached hydrogens (primary N) is 1. The molecule has 1 aliphatic rings. The van der Waals surface area contributed by atoms with Gasteiger partial charge in [0.05, 0.1) is 23.4 Å². The minimum absolute atomic E-state index is 0.000394. The second kappa shape index (κ2) is 5.48. The molecule has 0 radical (unpaired) electrons. The summed E-state index contributed by atoms with van der Waals surface area (Å²) in [5.41, 5.74) is 5.95. The van der Waals surface area contributed by atoms with E-state index in [0.29, 0.717) is 5.92 Å². The van der Waals surface area contributed by atoms with Crippen molar-refractivity contribution in [3.63, 3.8) is 0 Å². The zero-order valence-electron chi connectivity index (χ0n) is 13.1. The van der Waals surface area contributed by atoms with E-state index in [-0.39, 0.29) is 29.5 Å². The van der Waals surface area contributed by atoms with Crippen molar-refractivity contribution < 1.29 is 9.47 Å². The number of rotatable bonds is 2. The Balaban J connectivity index is 2.79. The molecule has 108 valence electrons. The molecule has 1 aliphatic carbocycles. The van der Waals surface area contributed by atoms with Gasteiger partial charge in [0.2, 0.25) is 0 Å². The van der Waals surface area contributed by atoms with Crippen molar-refractivity contribution in [1.82, 2.24) is 0 Å². The van der Waals surface area contributed by atoms with E-state index in [9.17, 15) is 0 Å². The van der Waals surface area contributed by atoms with Gasteiger partial charge >= 0.3 is 0 Å². The minimum Gasteiger partial charge on any atom is -0.370 e. The largest absolute Gasteiger partial charge is 0.370 e. The lowest BCUT2D eigenvalue weighted by molar-refractivity contribution is -0.186. The Kier molecular flexibility index (Phi) is 4.85. The van der Waals surface area contributed by atoms with Crippen molar-refractivity contribution in [1.29, 1.82) is 0 Å². The summed E-state index contributed by atoms with van der Waals surface area (Å²) in [4.78, 5) is 0. The van der Waals surface area contributed by atoms with Gasteiger partial charge in [-0.05, 0) is 60.3 Å². The Hall–Kier alpha value is -0.120. The highest BCUT2D eigenvalue weighted by Gasteiger charge is 2.39. The standard InChI is InChI=1S/C15H31NO2/c1-10-8-11(16)13(18-15(5,6)7)12(9-10)17-14(2,3)4/h10-13H,8-9,16H2,1-7H3/t10-,11+,12-,13-/m1/s1. The zero-order valence-corrected chi connectivity index (χ0v) is 13.1. The molecule has 0 aliphatic heterocycles. The Morgan fingerprint density at radius 2 is 1.39 bits per heavy atom.